The molecule has 4 N–H and O–H groups in total. The van der Waals surface area contributed by atoms with Crippen LogP contribution in [-0.4, -0.2) is 0 Å². The van der Waals surface area contributed by atoms with Gasteiger partial charge < -0.3 is 11.5 Å². The van der Waals surface area contributed by atoms with E-state index in [-0.39, 0.29) is 5.41 Å². The molecule has 1 fully saturated rings. The van der Waals surface area contributed by atoms with Crippen LogP contribution >= 0.6 is 0 Å². The lowest BCUT2D eigenvalue weighted by molar-refractivity contribution is 0.127. The van der Waals surface area contributed by atoms with Crippen LogP contribution in [0.5, 0.6) is 0 Å². The first kappa shape index (κ1) is 15.9. The molecule has 0 heterocycles. The lowest BCUT2D eigenvalue weighted by Crippen LogP contribution is -2.41. The van der Waals surface area contributed by atoms with Crippen molar-refractivity contribution < 1.29 is 0 Å². The Morgan fingerprint density at radius 3 is 1.61 bits per heavy atom. The molecule has 1 aliphatic rings. The van der Waals surface area contributed by atoms with Gasteiger partial charge in [0, 0.05) is 16.8 Å². The quantitative estimate of drug-likeness (QED) is 0.768. The number of anilines is 2. The number of hydrogen-bond donors (Lipinski definition) is 2. The highest BCUT2D eigenvalue weighted by Crippen LogP contribution is 2.53. The Labute approximate surface area is 139 Å². The molecule has 2 aromatic rings. The highest BCUT2D eigenvalue weighted by Gasteiger charge is 2.44. The first-order valence-corrected chi connectivity index (χ1v) is 8.53. The summed E-state index contributed by atoms with van der Waals surface area (Å²) in [5.41, 5.74) is 16.6. The van der Waals surface area contributed by atoms with E-state index >= 15 is 0 Å². The lowest BCUT2D eigenvalue weighted by atomic mass is 9.55. The minimum atomic E-state index is 0.0442. The third kappa shape index (κ3) is 3.08. The second-order valence-corrected chi connectivity index (χ2v) is 8.18. The number of nitrogens with two attached hydrogens (primary N) is 2. The van der Waals surface area contributed by atoms with Gasteiger partial charge in [-0.2, -0.15) is 0 Å². The van der Waals surface area contributed by atoms with Gasteiger partial charge in [-0.15, -0.1) is 0 Å². The van der Waals surface area contributed by atoms with Gasteiger partial charge in [0.25, 0.3) is 0 Å². The van der Waals surface area contributed by atoms with Crippen LogP contribution in [0.3, 0.4) is 0 Å². The molecule has 0 aliphatic heterocycles. The van der Waals surface area contributed by atoms with Crippen molar-refractivity contribution in [2.75, 3.05) is 11.5 Å². The van der Waals surface area contributed by atoms with E-state index in [1.54, 1.807) is 0 Å². The molecule has 0 radical (unpaired) electrons. The zero-order valence-corrected chi connectivity index (χ0v) is 14.5. The molecule has 1 aliphatic carbocycles. The summed E-state index contributed by atoms with van der Waals surface area (Å²) in [6.45, 7) is 7.17. The monoisotopic (exact) mass is 308 g/mol. The average Bonchev–Trinajstić information content (AvgIpc) is 2.46. The van der Waals surface area contributed by atoms with Crippen LogP contribution in [0.25, 0.3) is 0 Å². The van der Waals surface area contributed by atoms with Gasteiger partial charge in [-0.25, -0.2) is 0 Å². The Hall–Kier alpha value is -1.96. The van der Waals surface area contributed by atoms with Gasteiger partial charge in [-0.3, -0.25) is 0 Å². The number of benzene rings is 2. The van der Waals surface area contributed by atoms with Crippen LogP contribution in [0.1, 0.15) is 51.2 Å². The van der Waals surface area contributed by atoms with Gasteiger partial charge in [0.2, 0.25) is 0 Å². The molecule has 1 atom stereocenters. The first-order valence-electron chi connectivity index (χ1n) is 8.53. The van der Waals surface area contributed by atoms with E-state index in [2.05, 4.69) is 45.0 Å². The van der Waals surface area contributed by atoms with E-state index in [0.29, 0.717) is 11.3 Å². The minimum absolute atomic E-state index is 0.0442. The molecule has 0 spiro atoms. The largest absolute Gasteiger partial charge is 0.399 e. The molecular weight excluding hydrogens is 280 g/mol. The van der Waals surface area contributed by atoms with Crippen LogP contribution < -0.4 is 11.5 Å². The van der Waals surface area contributed by atoms with Crippen LogP contribution in [0.15, 0.2) is 48.5 Å². The molecular formula is C21H28N2. The topological polar surface area (TPSA) is 52.0 Å². The second kappa shape index (κ2) is 5.59. The Morgan fingerprint density at radius 1 is 0.783 bits per heavy atom. The summed E-state index contributed by atoms with van der Waals surface area (Å²) in [6, 6.07) is 16.9. The normalized spacial score (nSPS) is 22.7. The zero-order valence-electron chi connectivity index (χ0n) is 14.5. The van der Waals surface area contributed by atoms with Crippen molar-refractivity contribution in [3.05, 3.63) is 59.7 Å². The fraction of sp³-hybridized carbons (Fsp3) is 0.429. The molecule has 1 saturated carbocycles. The number of nitrogen functional groups attached to an aromatic ring is 2. The van der Waals surface area contributed by atoms with E-state index in [1.165, 1.54) is 24.0 Å². The summed E-state index contributed by atoms with van der Waals surface area (Å²) in [7, 11) is 0. The summed E-state index contributed by atoms with van der Waals surface area (Å²) in [4.78, 5) is 0. The summed E-state index contributed by atoms with van der Waals surface area (Å²) in [6.07, 6.45) is 3.60. The smallest absolute Gasteiger partial charge is 0.0314 e. The van der Waals surface area contributed by atoms with Gasteiger partial charge in [-0.05, 0) is 66.0 Å². The highest BCUT2D eigenvalue weighted by atomic mass is 14.6. The van der Waals surface area contributed by atoms with Crippen LogP contribution in [-0.2, 0) is 5.41 Å². The van der Waals surface area contributed by atoms with E-state index < -0.39 is 0 Å². The van der Waals surface area contributed by atoms with Crippen LogP contribution in [0.4, 0.5) is 11.4 Å². The van der Waals surface area contributed by atoms with Crippen molar-refractivity contribution in [3.8, 4) is 0 Å². The van der Waals surface area contributed by atoms with Gasteiger partial charge in [0.1, 0.15) is 0 Å². The maximum Gasteiger partial charge on any atom is 0.0314 e. The molecule has 2 nitrogen and oxygen atoms in total. The van der Waals surface area contributed by atoms with Crippen LogP contribution in [0.2, 0.25) is 0 Å². The van der Waals surface area contributed by atoms with Crippen molar-refractivity contribution >= 4 is 11.4 Å². The van der Waals surface area contributed by atoms with Crippen molar-refractivity contribution in [1.29, 1.82) is 0 Å². The Balaban J connectivity index is 2.16. The van der Waals surface area contributed by atoms with Gasteiger partial charge >= 0.3 is 0 Å². The predicted molar refractivity (Wildman–Crippen MR) is 99.3 cm³/mol. The summed E-state index contributed by atoms with van der Waals surface area (Å²) in [5.74, 6) is 0.689. The molecule has 0 amide bonds. The van der Waals surface area contributed by atoms with Gasteiger partial charge in [-0.1, -0.05) is 45.0 Å². The first-order chi connectivity index (χ1) is 10.8. The van der Waals surface area contributed by atoms with Gasteiger partial charge in [0.15, 0.2) is 0 Å². The Morgan fingerprint density at radius 2 is 1.22 bits per heavy atom. The predicted octanol–water partition coefficient (Wildman–Crippen LogP) is 4.98. The summed E-state index contributed by atoms with van der Waals surface area (Å²) < 4.78 is 0. The third-order valence-electron chi connectivity index (χ3n) is 5.30. The summed E-state index contributed by atoms with van der Waals surface area (Å²) in [5, 5.41) is 0. The molecule has 0 aromatic heterocycles. The summed E-state index contributed by atoms with van der Waals surface area (Å²) >= 11 is 0. The fourth-order valence-corrected chi connectivity index (χ4v) is 4.78. The zero-order chi connectivity index (χ0) is 16.7. The molecule has 122 valence electrons. The van der Waals surface area contributed by atoms with Crippen molar-refractivity contribution in [3.63, 3.8) is 0 Å². The number of rotatable bonds is 2. The van der Waals surface area contributed by atoms with Crippen molar-refractivity contribution in [2.45, 2.75) is 45.4 Å². The fourth-order valence-electron chi connectivity index (χ4n) is 4.78. The minimum Gasteiger partial charge on any atom is -0.399 e. The Kier molecular flexibility index (Phi) is 3.87. The molecule has 2 heteroatoms. The highest BCUT2D eigenvalue weighted by molar-refractivity contribution is 5.49. The maximum absolute atomic E-state index is 5.92. The molecule has 1 unspecified atom stereocenters. The van der Waals surface area contributed by atoms with Crippen molar-refractivity contribution in [2.24, 2.45) is 11.3 Å². The van der Waals surface area contributed by atoms with Crippen LogP contribution in [0, 0.1) is 11.3 Å². The Bertz CT molecular complexity index is 622. The van der Waals surface area contributed by atoms with E-state index in [9.17, 15) is 0 Å². The van der Waals surface area contributed by atoms with E-state index in [0.717, 1.165) is 17.8 Å². The lowest BCUT2D eigenvalue weighted by Gasteiger charge is -2.48. The second-order valence-electron chi connectivity index (χ2n) is 8.18. The molecule has 3 rings (SSSR count). The number of hydrogen-bond acceptors (Lipinski definition) is 2. The average molecular weight is 308 g/mol. The van der Waals surface area contributed by atoms with Crippen molar-refractivity contribution in [1.82, 2.24) is 0 Å². The molecule has 23 heavy (non-hydrogen) atoms. The SMILES string of the molecule is CC1CC(C)(C)CC(c2ccc(N)cc2)(c2ccc(N)cc2)C1. The molecule has 2 aromatic carbocycles. The van der Waals surface area contributed by atoms with E-state index in [4.69, 9.17) is 11.5 Å². The maximum atomic E-state index is 5.92. The van der Waals surface area contributed by atoms with Gasteiger partial charge in [0.05, 0.1) is 0 Å². The van der Waals surface area contributed by atoms with E-state index in [1.807, 2.05) is 24.3 Å². The third-order valence-corrected chi connectivity index (χ3v) is 5.30. The standard InChI is InChI=1S/C21H28N2/c1-15-12-20(2,3)14-21(13-15,16-4-8-18(22)9-5-16)17-6-10-19(23)11-7-17/h4-11,15H,12-14,22-23H2,1-3H3. The molecule has 0 bridgehead atoms. The molecule has 0 saturated heterocycles.